The molecule has 4 rings (SSSR count). The van der Waals surface area contributed by atoms with Crippen LogP contribution in [0.5, 0.6) is 0 Å². The van der Waals surface area contributed by atoms with Crippen LogP contribution in [-0.2, 0) is 6.42 Å². The molecule has 1 aromatic heterocycles. The van der Waals surface area contributed by atoms with E-state index in [1.165, 1.54) is 11.8 Å². The first kappa shape index (κ1) is 26.2. The summed E-state index contributed by atoms with van der Waals surface area (Å²) in [5.74, 6) is 0.465. The third-order valence-electron chi connectivity index (χ3n) is 6.39. The van der Waals surface area contributed by atoms with E-state index in [-0.39, 0.29) is 5.91 Å². The maximum absolute atomic E-state index is 12.9. The number of amides is 1. The second-order valence-electron chi connectivity index (χ2n) is 8.63. The fourth-order valence-electron chi connectivity index (χ4n) is 4.48. The minimum absolute atomic E-state index is 0.0262. The standard InChI is InChI=1S/C28H28N6O2S/c1-2-21-22(17-29)26(33-13-15-34(16-14-33)28(36)20-11-7-4-8-12-20)32-27(23(21)18-30)37-24(25(31)35)19-9-5-3-6-10-19/h3-12,24-25,35H,2,13-16,31H2,1H3. The Bertz CT molecular complexity index is 1330. The molecule has 1 fully saturated rings. The van der Waals surface area contributed by atoms with Crippen LogP contribution in [0, 0.1) is 22.7 Å². The normalized spacial score (nSPS) is 14.9. The van der Waals surface area contributed by atoms with Crippen molar-refractivity contribution in [3.8, 4) is 12.1 Å². The SMILES string of the molecule is CCc1c(C#N)c(SC(c2ccccc2)C(N)O)nc(N2CCN(C(=O)c3ccccc3)CC2)c1C#N. The first-order valence-corrected chi connectivity index (χ1v) is 13.0. The van der Waals surface area contributed by atoms with Crippen LogP contribution in [0.25, 0.3) is 0 Å². The van der Waals surface area contributed by atoms with E-state index in [0.717, 1.165) is 5.56 Å². The van der Waals surface area contributed by atoms with E-state index in [1.807, 2.05) is 60.4 Å². The zero-order valence-corrected chi connectivity index (χ0v) is 21.4. The molecule has 1 amide bonds. The van der Waals surface area contributed by atoms with Crippen molar-refractivity contribution in [3.05, 3.63) is 88.5 Å². The van der Waals surface area contributed by atoms with Gasteiger partial charge in [0.25, 0.3) is 5.91 Å². The minimum atomic E-state index is -1.18. The molecule has 2 aromatic carbocycles. The maximum Gasteiger partial charge on any atom is 0.253 e. The molecule has 1 aliphatic rings. The molecule has 2 unspecified atom stereocenters. The number of thioether (sulfide) groups is 1. The third-order valence-corrected chi connectivity index (χ3v) is 7.71. The smallest absolute Gasteiger partial charge is 0.253 e. The molecule has 0 spiro atoms. The monoisotopic (exact) mass is 512 g/mol. The molecule has 9 heteroatoms. The number of hydrogen-bond donors (Lipinski definition) is 2. The topological polar surface area (TPSA) is 130 Å². The van der Waals surface area contributed by atoms with Crippen LogP contribution in [0.2, 0.25) is 0 Å². The average molecular weight is 513 g/mol. The van der Waals surface area contributed by atoms with Gasteiger partial charge in [0.1, 0.15) is 29.2 Å². The maximum atomic E-state index is 12.9. The Balaban J connectivity index is 1.66. The lowest BCUT2D eigenvalue weighted by atomic mass is 10.0. The number of rotatable bonds is 7. The van der Waals surface area contributed by atoms with Gasteiger partial charge in [0.2, 0.25) is 0 Å². The second-order valence-corrected chi connectivity index (χ2v) is 9.76. The number of anilines is 1. The number of nitriles is 2. The molecule has 3 aromatic rings. The predicted octanol–water partition coefficient (Wildman–Crippen LogP) is 3.46. The van der Waals surface area contributed by atoms with Crippen LogP contribution in [0.4, 0.5) is 5.82 Å². The quantitative estimate of drug-likeness (QED) is 0.364. The fraction of sp³-hybridized carbons (Fsp3) is 0.286. The number of pyridine rings is 1. The summed E-state index contributed by atoms with van der Waals surface area (Å²) in [7, 11) is 0. The number of nitrogens with zero attached hydrogens (tertiary/aromatic N) is 5. The molecule has 3 N–H and O–H groups in total. The highest BCUT2D eigenvalue weighted by atomic mass is 32.2. The summed E-state index contributed by atoms with van der Waals surface area (Å²) in [6, 6.07) is 23.0. The minimum Gasteiger partial charge on any atom is -0.377 e. The Labute approximate surface area is 220 Å². The number of carbonyl (C=O) groups is 1. The highest BCUT2D eigenvalue weighted by Gasteiger charge is 2.29. The predicted molar refractivity (Wildman–Crippen MR) is 143 cm³/mol. The van der Waals surface area contributed by atoms with Crippen molar-refractivity contribution in [2.45, 2.75) is 29.8 Å². The number of aromatic nitrogens is 1. The molecule has 1 saturated heterocycles. The van der Waals surface area contributed by atoms with Gasteiger partial charge in [0, 0.05) is 31.7 Å². The van der Waals surface area contributed by atoms with Crippen LogP contribution >= 0.6 is 11.8 Å². The highest BCUT2D eigenvalue weighted by Crippen LogP contribution is 2.40. The molecule has 2 atom stereocenters. The van der Waals surface area contributed by atoms with Crippen molar-refractivity contribution < 1.29 is 9.90 Å². The van der Waals surface area contributed by atoms with Gasteiger partial charge in [0.15, 0.2) is 0 Å². The molecule has 1 aliphatic heterocycles. The summed E-state index contributed by atoms with van der Waals surface area (Å²) in [4.78, 5) is 21.5. The van der Waals surface area contributed by atoms with Gasteiger partial charge in [-0.1, -0.05) is 67.2 Å². The van der Waals surface area contributed by atoms with E-state index in [1.54, 1.807) is 17.0 Å². The Morgan fingerprint density at radius 3 is 2.16 bits per heavy atom. The van der Waals surface area contributed by atoms with E-state index in [9.17, 15) is 20.4 Å². The summed E-state index contributed by atoms with van der Waals surface area (Å²) in [5.41, 5.74) is 8.71. The van der Waals surface area contributed by atoms with Gasteiger partial charge in [-0.2, -0.15) is 10.5 Å². The van der Waals surface area contributed by atoms with Gasteiger partial charge in [-0.15, -0.1) is 0 Å². The van der Waals surface area contributed by atoms with Crippen LogP contribution in [0.15, 0.2) is 65.7 Å². The molecular formula is C28H28N6O2S. The van der Waals surface area contributed by atoms with Crippen LogP contribution in [0.1, 0.15) is 44.8 Å². The van der Waals surface area contributed by atoms with E-state index < -0.39 is 11.5 Å². The lowest BCUT2D eigenvalue weighted by Gasteiger charge is -2.36. The van der Waals surface area contributed by atoms with Gasteiger partial charge in [-0.3, -0.25) is 4.79 Å². The van der Waals surface area contributed by atoms with E-state index in [4.69, 9.17) is 10.7 Å². The Kier molecular flexibility index (Phi) is 8.42. The number of aliphatic hydroxyl groups is 1. The van der Waals surface area contributed by atoms with E-state index >= 15 is 0 Å². The molecule has 0 bridgehead atoms. The van der Waals surface area contributed by atoms with Crippen molar-refractivity contribution in [1.29, 1.82) is 10.5 Å². The van der Waals surface area contributed by atoms with Crippen molar-refractivity contribution in [3.63, 3.8) is 0 Å². The van der Waals surface area contributed by atoms with E-state index in [0.29, 0.717) is 65.7 Å². The molecular weight excluding hydrogens is 484 g/mol. The molecule has 0 aliphatic carbocycles. The summed E-state index contributed by atoms with van der Waals surface area (Å²) in [6.45, 7) is 3.87. The first-order chi connectivity index (χ1) is 18.0. The lowest BCUT2D eigenvalue weighted by Crippen LogP contribution is -2.49. The fourth-order valence-corrected chi connectivity index (χ4v) is 5.58. The highest BCUT2D eigenvalue weighted by molar-refractivity contribution is 7.99. The van der Waals surface area contributed by atoms with Crippen molar-refractivity contribution in [2.24, 2.45) is 5.73 Å². The molecule has 37 heavy (non-hydrogen) atoms. The van der Waals surface area contributed by atoms with Crippen molar-refractivity contribution in [1.82, 2.24) is 9.88 Å². The average Bonchev–Trinajstić information content (AvgIpc) is 2.95. The van der Waals surface area contributed by atoms with Crippen molar-refractivity contribution in [2.75, 3.05) is 31.1 Å². The summed E-state index contributed by atoms with van der Waals surface area (Å²) in [5, 5.41) is 30.3. The van der Waals surface area contributed by atoms with Gasteiger partial charge in [-0.05, 0) is 29.7 Å². The van der Waals surface area contributed by atoms with Gasteiger partial charge in [0.05, 0.1) is 16.4 Å². The van der Waals surface area contributed by atoms with E-state index in [2.05, 4.69) is 12.1 Å². The summed E-state index contributed by atoms with van der Waals surface area (Å²) >= 11 is 1.22. The summed E-state index contributed by atoms with van der Waals surface area (Å²) < 4.78 is 0. The lowest BCUT2D eigenvalue weighted by molar-refractivity contribution is 0.0746. The summed E-state index contributed by atoms with van der Waals surface area (Å²) in [6.07, 6.45) is -0.708. The first-order valence-electron chi connectivity index (χ1n) is 12.1. The molecule has 2 heterocycles. The number of piperazine rings is 1. The number of benzene rings is 2. The molecule has 188 valence electrons. The Hall–Kier alpha value is -3.89. The van der Waals surface area contributed by atoms with Gasteiger partial charge < -0.3 is 20.6 Å². The second kappa shape index (κ2) is 11.9. The largest absolute Gasteiger partial charge is 0.377 e. The number of nitrogens with two attached hydrogens (primary N) is 1. The van der Waals surface area contributed by atoms with Crippen molar-refractivity contribution >= 4 is 23.5 Å². The molecule has 8 nitrogen and oxygen atoms in total. The molecule has 0 radical (unpaired) electrons. The van der Waals surface area contributed by atoms with Gasteiger partial charge in [-0.25, -0.2) is 4.98 Å². The number of hydrogen-bond acceptors (Lipinski definition) is 8. The van der Waals surface area contributed by atoms with Crippen LogP contribution < -0.4 is 10.6 Å². The number of carbonyl (C=O) groups excluding carboxylic acids is 1. The number of aliphatic hydroxyl groups excluding tert-OH is 1. The van der Waals surface area contributed by atoms with Crippen LogP contribution in [-0.4, -0.2) is 53.3 Å². The van der Waals surface area contributed by atoms with Gasteiger partial charge >= 0.3 is 0 Å². The molecule has 0 saturated carbocycles. The zero-order valence-electron chi connectivity index (χ0n) is 20.5. The van der Waals surface area contributed by atoms with Crippen LogP contribution in [0.3, 0.4) is 0 Å². The Morgan fingerprint density at radius 1 is 1.03 bits per heavy atom. The Morgan fingerprint density at radius 2 is 1.62 bits per heavy atom. The third kappa shape index (κ3) is 5.60. The zero-order chi connectivity index (χ0) is 26.4.